The van der Waals surface area contributed by atoms with E-state index in [-0.39, 0.29) is 18.0 Å². The van der Waals surface area contributed by atoms with E-state index in [1.54, 1.807) is 7.05 Å². The summed E-state index contributed by atoms with van der Waals surface area (Å²) >= 11 is 0. The molecule has 0 aromatic carbocycles. The van der Waals surface area contributed by atoms with Crippen molar-refractivity contribution in [3.8, 4) is 0 Å². The van der Waals surface area contributed by atoms with E-state index >= 15 is 0 Å². The molecule has 3 heterocycles. The van der Waals surface area contributed by atoms with Crippen LogP contribution in [0.4, 0.5) is 10.7 Å². The molecule has 3 amide bonds. The second-order valence-corrected chi connectivity index (χ2v) is 7.49. The SMILES string of the molecule is CCC(C)n1c(C)c[n+]2c1N=C1C2C(=O)N(CCC(C)C)C(=O)N1C. The summed E-state index contributed by atoms with van der Waals surface area (Å²) in [5, 5.41) is 0. The van der Waals surface area contributed by atoms with Crippen LogP contribution in [0.2, 0.25) is 0 Å². The standard InChI is InChI=1S/C18H28N5O2/c1-7-12(4)23-13(5)10-22-14-15(19-17(22)23)20(6)18(25)21(16(14)24)9-8-11(2)3/h10-12,14H,7-9H2,1-6H3/q+1. The van der Waals surface area contributed by atoms with Crippen LogP contribution in [0.25, 0.3) is 0 Å². The topological polar surface area (TPSA) is 61.8 Å². The quantitative estimate of drug-likeness (QED) is 0.769. The van der Waals surface area contributed by atoms with E-state index in [1.165, 1.54) is 9.80 Å². The second kappa shape index (κ2) is 6.28. The summed E-state index contributed by atoms with van der Waals surface area (Å²) in [5.41, 5.74) is 1.08. The number of aliphatic imine (C=N–C) groups is 1. The molecular weight excluding hydrogens is 318 g/mol. The van der Waals surface area contributed by atoms with Gasteiger partial charge in [-0.2, -0.15) is 0 Å². The van der Waals surface area contributed by atoms with Crippen molar-refractivity contribution >= 4 is 23.7 Å². The lowest BCUT2D eigenvalue weighted by Gasteiger charge is -2.33. The molecule has 0 aliphatic carbocycles. The van der Waals surface area contributed by atoms with E-state index < -0.39 is 6.04 Å². The number of imide groups is 1. The average molecular weight is 346 g/mol. The number of fused-ring (bicyclic) bond motifs is 3. The second-order valence-electron chi connectivity index (χ2n) is 7.49. The molecule has 1 aromatic heterocycles. The molecule has 1 saturated heterocycles. The van der Waals surface area contributed by atoms with Crippen LogP contribution in [0.3, 0.4) is 0 Å². The molecule has 2 aliphatic rings. The first-order chi connectivity index (χ1) is 11.8. The molecule has 0 bridgehead atoms. The van der Waals surface area contributed by atoms with Gasteiger partial charge in [0.1, 0.15) is 11.9 Å². The van der Waals surface area contributed by atoms with E-state index in [1.807, 2.05) is 17.7 Å². The van der Waals surface area contributed by atoms with Crippen molar-refractivity contribution in [2.45, 2.75) is 59.5 Å². The first kappa shape index (κ1) is 17.6. The summed E-state index contributed by atoms with van der Waals surface area (Å²) in [6.45, 7) is 10.9. The summed E-state index contributed by atoms with van der Waals surface area (Å²) in [6, 6.07) is -0.527. The number of hydrogen-bond acceptors (Lipinski definition) is 3. The molecule has 25 heavy (non-hydrogen) atoms. The zero-order valence-electron chi connectivity index (χ0n) is 16.0. The van der Waals surface area contributed by atoms with Crippen molar-refractivity contribution in [1.29, 1.82) is 0 Å². The normalized spacial score (nSPS) is 20.9. The van der Waals surface area contributed by atoms with Crippen molar-refractivity contribution in [2.75, 3.05) is 13.6 Å². The third-order valence-electron chi connectivity index (χ3n) is 5.21. The maximum Gasteiger partial charge on any atom is 0.402 e. The molecule has 0 saturated carbocycles. The number of carbonyl (C=O) groups is 2. The Hall–Kier alpha value is -2.18. The minimum absolute atomic E-state index is 0.174. The molecule has 136 valence electrons. The van der Waals surface area contributed by atoms with Gasteiger partial charge in [-0.25, -0.2) is 13.9 Å². The number of rotatable bonds is 5. The predicted octanol–water partition coefficient (Wildman–Crippen LogP) is 2.58. The molecule has 7 heteroatoms. The summed E-state index contributed by atoms with van der Waals surface area (Å²) in [4.78, 5) is 33.3. The Morgan fingerprint density at radius 1 is 1.28 bits per heavy atom. The summed E-state index contributed by atoms with van der Waals surface area (Å²) in [5.74, 6) is 1.54. The third-order valence-corrected chi connectivity index (χ3v) is 5.21. The summed E-state index contributed by atoms with van der Waals surface area (Å²) in [6.07, 6.45) is 3.75. The van der Waals surface area contributed by atoms with Gasteiger partial charge in [-0.05, 0) is 32.6 Å². The Labute approximate surface area is 148 Å². The van der Waals surface area contributed by atoms with Crippen LogP contribution in [0.1, 0.15) is 58.3 Å². The highest BCUT2D eigenvalue weighted by atomic mass is 16.2. The molecule has 3 rings (SSSR count). The fourth-order valence-corrected chi connectivity index (χ4v) is 3.52. The number of hydrogen-bond donors (Lipinski definition) is 0. The van der Waals surface area contributed by atoms with Crippen LogP contribution in [0.15, 0.2) is 11.2 Å². The van der Waals surface area contributed by atoms with Gasteiger partial charge in [0.15, 0.2) is 0 Å². The number of carbonyl (C=O) groups excluding carboxylic acids is 2. The van der Waals surface area contributed by atoms with Gasteiger partial charge in [0.25, 0.3) is 5.91 Å². The predicted molar refractivity (Wildman–Crippen MR) is 94.8 cm³/mol. The molecule has 1 fully saturated rings. The van der Waals surface area contributed by atoms with Gasteiger partial charge in [0, 0.05) is 13.6 Å². The Morgan fingerprint density at radius 3 is 2.56 bits per heavy atom. The minimum atomic E-state index is -0.533. The number of urea groups is 1. The molecule has 2 unspecified atom stereocenters. The van der Waals surface area contributed by atoms with Gasteiger partial charge < -0.3 is 0 Å². The number of aromatic nitrogens is 2. The van der Waals surface area contributed by atoms with Crippen molar-refractivity contribution in [2.24, 2.45) is 10.9 Å². The number of imidazole rings is 1. The minimum Gasteiger partial charge on any atom is -0.270 e. The fraction of sp³-hybridized carbons (Fsp3) is 0.667. The van der Waals surface area contributed by atoms with Gasteiger partial charge in [-0.1, -0.05) is 25.8 Å². The van der Waals surface area contributed by atoms with E-state index in [0.29, 0.717) is 18.3 Å². The highest BCUT2D eigenvalue weighted by molar-refractivity contribution is 6.19. The van der Waals surface area contributed by atoms with E-state index in [4.69, 9.17) is 0 Å². The van der Waals surface area contributed by atoms with Gasteiger partial charge >= 0.3 is 12.0 Å². The number of nitrogens with zero attached hydrogens (tertiary/aromatic N) is 5. The van der Waals surface area contributed by atoms with Crippen LogP contribution in [0, 0.1) is 12.8 Å². The summed E-state index contributed by atoms with van der Waals surface area (Å²) < 4.78 is 4.07. The molecule has 2 atom stereocenters. The van der Waals surface area contributed by atoms with Crippen molar-refractivity contribution in [3.05, 3.63) is 11.9 Å². The number of amidine groups is 1. The summed E-state index contributed by atoms with van der Waals surface area (Å²) in [7, 11) is 1.70. The Balaban J connectivity index is 2.02. The highest BCUT2D eigenvalue weighted by Crippen LogP contribution is 2.31. The van der Waals surface area contributed by atoms with Gasteiger partial charge in [-0.3, -0.25) is 14.6 Å². The van der Waals surface area contributed by atoms with Gasteiger partial charge in [0.05, 0.1) is 6.04 Å². The zero-order valence-corrected chi connectivity index (χ0v) is 16.0. The lowest BCUT2D eigenvalue weighted by molar-refractivity contribution is -0.677. The fourth-order valence-electron chi connectivity index (χ4n) is 3.52. The van der Waals surface area contributed by atoms with Crippen LogP contribution < -0.4 is 4.57 Å². The van der Waals surface area contributed by atoms with Gasteiger partial charge in [-0.15, -0.1) is 0 Å². The number of likely N-dealkylation sites (N-methyl/N-ethyl adjacent to an activating group) is 1. The number of amides is 3. The average Bonchev–Trinajstić information content (AvgIpc) is 3.06. The maximum atomic E-state index is 13.1. The van der Waals surface area contributed by atoms with Gasteiger partial charge in [0.2, 0.25) is 11.9 Å². The molecule has 0 N–H and O–H groups in total. The monoisotopic (exact) mass is 346 g/mol. The molecule has 0 spiro atoms. The van der Waals surface area contributed by atoms with Crippen LogP contribution in [-0.2, 0) is 4.79 Å². The Bertz CT molecular complexity index is 749. The highest BCUT2D eigenvalue weighted by Gasteiger charge is 2.53. The van der Waals surface area contributed by atoms with Crippen LogP contribution >= 0.6 is 0 Å². The smallest absolute Gasteiger partial charge is 0.270 e. The lowest BCUT2D eigenvalue weighted by Crippen LogP contribution is -2.62. The zero-order chi connectivity index (χ0) is 18.5. The van der Waals surface area contributed by atoms with Crippen LogP contribution in [-0.4, -0.2) is 45.7 Å². The molecular formula is C18H28N5O2+. The molecule has 7 nitrogen and oxygen atoms in total. The Morgan fingerprint density at radius 2 is 1.96 bits per heavy atom. The Kier molecular flexibility index (Phi) is 4.43. The van der Waals surface area contributed by atoms with E-state index in [0.717, 1.165) is 24.5 Å². The van der Waals surface area contributed by atoms with Crippen molar-refractivity contribution in [1.82, 2.24) is 14.4 Å². The third kappa shape index (κ3) is 2.65. The molecule has 2 aliphatic heterocycles. The van der Waals surface area contributed by atoms with Crippen molar-refractivity contribution in [3.63, 3.8) is 0 Å². The first-order valence-electron chi connectivity index (χ1n) is 9.08. The molecule has 0 radical (unpaired) electrons. The number of aryl methyl sites for hydroxylation is 1. The van der Waals surface area contributed by atoms with E-state index in [2.05, 4.69) is 37.3 Å². The first-order valence-corrected chi connectivity index (χ1v) is 9.08. The maximum absolute atomic E-state index is 13.1. The largest absolute Gasteiger partial charge is 0.402 e. The van der Waals surface area contributed by atoms with Crippen molar-refractivity contribution < 1.29 is 14.2 Å². The van der Waals surface area contributed by atoms with E-state index in [9.17, 15) is 9.59 Å². The molecule has 1 aromatic rings. The van der Waals surface area contributed by atoms with Crippen LogP contribution in [0.5, 0.6) is 0 Å². The lowest BCUT2D eigenvalue weighted by atomic mass is 10.1.